The minimum atomic E-state index is -0.407. The van der Waals surface area contributed by atoms with Crippen LogP contribution in [0, 0.1) is 6.92 Å². The maximum atomic E-state index is 11.9. The molecule has 0 radical (unpaired) electrons. The lowest BCUT2D eigenvalue weighted by Gasteiger charge is -2.05. The lowest BCUT2D eigenvalue weighted by atomic mass is 10.2. The Bertz CT molecular complexity index is 605. The predicted octanol–water partition coefficient (Wildman–Crippen LogP) is 2.49. The maximum Gasteiger partial charge on any atom is 0.337 e. The second kappa shape index (κ2) is 5.62. The van der Waals surface area contributed by atoms with Gasteiger partial charge in [-0.15, -0.1) is 0 Å². The number of ether oxygens (including phenoxy) is 1. The number of nitrogens with zero attached hydrogens (tertiary/aromatic N) is 1. The zero-order valence-corrected chi connectivity index (χ0v) is 11.3. The molecule has 1 amide bonds. The molecule has 0 spiro atoms. The number of rotatable bonds is 3. The molecule has 19 heavy (non-hydrogen) atoms. The summed E-state index contributed by atoms with van der Waals surface area (Å²) in [4.78, 5) is 23.2. The first-order valence-corrected chi connectivity index (χ1v) is 6.36. The maximum absolute atomic E-state index is 11.9. The van der Waals surface area contributed by atoms with Gasteiger partial charge in [0, 0.05) is 11.1 Å². The van der Waals surface area contributed by atoms with Crippen LogP contribution in [0.25, 0.3) is 0 Å². The Labute approximate surface area is 114 Å². The molecule has 98 valence electrons. The van der Waals surface area contributed by atoms with Crippen LogP contribution in [0.1, 0.15) is 26.4 Å². The fourth-order valence-corrected chi connectivity index (χ4v) is 2.21. The molecule has 1 N–H and O–H groups in total. The number of carbonyl (C=O) groups is 2. The van der Waals surface area contributed by atoms with E-state index in [1.165, 1.54) is 18.6 Å². The van der Waals surface area contributed by atoms with Crippen LogP contribution < -0.4 is 5.32 Å². The molecular formula is C13H12N2O3S. The lowest BCUT2D eigenvalue weighted by Crippen LogP contribution is -2.12. The van der Waals surface area contributed by atoms with E-state index < -0.39 is 5.97 Å². The van der Waals surface area contributed by atoms with Gasteiger partial charge in [0.1, 0.15) is 0 Å². The van der Waals surface area contributed by atoms with E-state index in [9.17, 15) is 9.59 Å². The zero-order valence-electron chi connectivity index (χ0n) is 10.5. The molecule has 1 aromatic heterocycles. The summed E-state index contributed by atoms with van der Waals surface area (Å²) in [6.07, 6.45) is 0. The van der Waals surface area contributed by atoms with Gasteiger partial charge in [0.05, 0.1) is 23.9 Å². The minimum Gasteiger partial charge on any atom is -0.465 e. The van der Waals surface area contributed by atoms with Gasteiger partial charge in [-0.1, -0.05) is 0 Å². The number of esters is 1. The highest BCUT2D eigenvalue weighted by Crippen LogP contribution is 2.14. The third kappa shape index (κ3) is 2.97. The van der Waals surface area contributed by atoms with Crippen molar-refractivity contribution in [1.29, 1.82) is 0 Å². The van der Waals surface area contributed by atoms with Gasteiger partial charge in [-0.25, -0.2) is 4.79 Å². The predicted molar refractivity (Wildman–Crippen MR) is 72.6 cm³/mol. The van der Waals surface area contributed by atoms with Crippen molar-refractivity contribution in [3.8, 4) is 0 Å². The zero-order chi connectivity index (χ0) is 13.8. The Morgan fingerprint density at radius 2 is 1.95 bits per heavy atom. The molecule has 0 aliphatic carbocycles. The van der Waals surface area contributed by atoms with Crippen molar-refractivity contribution in [1.82, 2.24) is 4.37 Å². The molecule has 2 rings (SSSR count). The Hall–Kier alpha value is -2.21. The summed E-state index contributed by atoms with van der Waals surface area (Å²) in [7, 11) is 1.32. The number of aryl methyl sites for hydroxylation is 1. The van der Waals surface area contributed by atoms with Gasteiger partial charge < -0.3 is 10.1 Å². The number of anilines is 1. The van der Waals surface area contributed by atoms with Crippen molar-refractivity contribution in [3.05, 3.63) is 46.5 Å². The molecule has 1 aromatic carbocycles. The fraction of sp³-hybridized carbons (Fsp3) is 0.154. The van der Waals surface area contributed by atoms with Crippen LogP contribution in [0.2, 0.25) is 0 Å². The molecule has 0 aliphatic rings. The smallest absolute Gasteiger partial charge is 0.337 e. The molecular weight excluding hydrogens is 264 g/mol. The molecule has 6 heteroatoms. The summed E-state index contributed by atoms with van der Waals surface area (Å²) in [5.41, 5.74) is 2.31. The van der Waals surface area contributed by atoms with E-state index >= 15 is 0 Å². The van der Waals surface area contributed by atoms with Crippen LogP contribution in [0.5, 0.6) is 0 Å². The molecule has 0 saturated carbocycles. The summed E-state index contributed by atoms with van der Waals surface area (Å²) >= 11 is 1.24. The van der Waals surface area contributed by atoms with Crippen LogP contribution in [-0.4, -0.2) is 23.4 Å². The van der Waals surface area contributed by atoms with E-state index in [4.69, 9.17) is 0 Å². The first-order valence-electron chi connectivity index (χ1n) is 5.52. The van der Waals surface area contributed by atoms with Crippen molar-refractivity contribution < 1.29 is 14.3 Å². The van der Waals surface area contributed by atoms with Gasteiger partial charge in [0.2, 0.25) is 0 Å². The topological polar surface area (TPSA) is 68.3 Å². The molecule has 0 saturated heterocycles. The Kier molecular flexibility index (Phi) is 3.91. The number of aromatic nitrogens is 1. The average Bonchev–Trinajstić information content (AvgIpc) is 2.85. The monoisotopic (exact) mass is 276 g/mol. The lowest BCUT2D eigenvalue weighted by molar-refractivity contribution is 0.0600. The van der Waals surface area contributed by atoms with E-state index in [1.54, 1.807) is 36.6 Å². The van der Waals surface area contributed by atoms with E-state index in [-0.39, 0.29) is 5.91 Å². The van der Waals surface area contributed by atoms with Crippen molar-refractivity contribution >= 4 is 29.1 Å². The standard InChI is InChI=1S/C13H12N2O3S/c1-8-11(7-19-15-8)12(16)14-10-5-3-9(4-6-10)13(17)18-2/h3-7H,1-2H3,(H,14,16). The van der Waals surface area contributed by atoms with Crippen molar-refractivity contribution in [2.75, 3.05) is 12.4 Å². The van der Waals surface area contributed by atoms with E-state index in [0.29, 0.717) is 22.5 Å². The summed E-state index contributed by atoms with van der Waals surface area (Å²) in [6, 6.07) is 6.50. The van der Waals surface area contributed by atoms with Crippen LogP contribution in [-0.2, 0) is 4.74 Å². The Balaban J connectivity index is 2.10. The number of amides is 1. The van der Waals surface area contributed by atoms with Crippen molar-refractivity contribution in [2.24, 2.45) is 0 Å². The summed E-state index contributed by atoms with van der Waals surface area (Å²) < 4.78 is 8.65. The number of carbonyl (C=O) groups excluding carboxylic acids is 2. The highest BCUT2D eigenvalue weighted by atomic mass is 32.1. The second-order valence-electron chi connectivity index (χ2n) is 3.84. The van der Waals surface area contributed by atoms with Crippen LogP contribution >= 0.6 is 11.5 Å². The second-order valence-corrected chi connectivity index (χ2v) is 4.47. The van der Waals surface area contributed by atoms with Gasteiger partial charge >= 0.3 is 5.97 Å². The molecule has 0 unspecified atom stereocenters. The van der Waals surface area contributed by atoms with E-state index in [0.717, 1.165) is 0 Å². The average molecular weight is 276 g/mol. The van der Waals surface area contributed by atoms with E-state index in [2.05, 4.69) is 14.4 Å². The molecule has 0 fully saturated rings. The van der Waals surface area contributed by atoms with Gasteiger partial charge in [-0.2, -0.15) is 4.37 Å². The SMILES string of the molecule is COC(=O)c1ccc(NC(=O)c2csnc2C)cc1. The minimum absolute atomic E-state index is 0.211. The highest BCUT2D eigenvalue weighted by molar-refractivity contribution is 7.04. The van der Waals surface area contributed by atoms with Crippen molar-refractivity contribution in [3.63, 3.8) is 0 Å². The molecule has 2 aromatic rings. The quantitative estimate of drug-likeness (QED) is 0.874. The summed E-state index contributed by atoms with van der Waals surface area (Å²) in [6.45, 7) is 1.78. The van der Waals surface area contributed by atoms with Gasteiger partial charge in [-0.05, 0) is 42.7 Å². The highest BCUT2D eigenvalue weighted by Gasteiger charge is 2.11. The number of methoxy groups -OCH3 is 1. The number of nitrogens with one attached hydrogen (secondary N) is 1. The van der Waals surface area contributed by atoms with Gasteiger partial charge in [-0.3, -0.25) is 4.79 Å². The largest absolute Gasteiger partial charge is 0.465 e. The van der Waals surface area contributed by atoms with E-state index in [1.807, 2.05) is 0 Å². The van der Waals surface area contributed by atoms with Crippen molar-refractivity contribution in [2.45, 2.75) is 6.92 Å². The van der Waals surface area contributed by atoms with Crippen LogP contribution in [0.3, 0.4) is 0 Å². The van der Waals surface area contributed by atoms with Gasteiger partial charge in [0.15, 0.2) is 0 Å². The van der Waals surface area contributed by atoms with Gasteiger partial charge in [0.25, 0.3) is 5.91 Å². The molecule has 5 nitrogen and oxygen atoms in total. The normalized spacial score (nSPS) is 10.0. The number of hydrogen-bond donors (Lipinski definition) is 1. The first kappa shape index (κ1) is 13.2. The molecule has 0 bridgehead atoms. The molecule has 0 aliphatic heterocycles. The third-order valence-electron chi connectivity index (χ3n) is 2.56. The Morgan fingerprint density at radius 3 is 2.47 bits per heavy atom. The number of benzene rings is 1. The fourth-order valence-electron chi connectivity index (χ4n) is 1.52. The molecule has 0 atom stereocenters. The first-order chi connectivity index (χ1) is 9.11. The number of hydrogen-bond acceptors (Lipinski definition) is 5. The third-order valence-corrected chi connectivity index (χ3v) is 3.28. The molecule has 1 heterocycles. The Morgan fingerprint density at radius 1 is 1.26 bits per heavy atom. The summed E-state index contributed by atoms with van der Waals surface area (Å²) in [5.74, 6) is -0.618. The summed E-state index contributed by atoms with van der Waals surface area (Å²) in [5, 5.41) is 4.45. The van der Waals surface area contributed by atoms with Crippen LogP contribution in [0.4, 0.5) is 5.69 Å². The van der Waals surface area contributed by atoms with Crippen LogP contribution in [0.15, 0.2) is 29.6 Å².